The van der Waals surface area contributed by atoms with Gasteiger partial charge in [0, 0.05) is 36.7 Å². The minimum absolute atomic E-state index is 0.0394. The number of amides is 2. The Bertz CT molecular complexity index is 934. The summed E-state index contributed by atoms with van der Waals surface area (Å²) in [5.74, 6) is -0.183. The molecule has 134 valence electrons. The van der Waals surface area contributed by atoms with Crippen LogP contribution in [0.15, 0.2) is 47.8 Å². The van der Waals surface area contributed by atoms with E-state index in [0.717, 1.165) is 22.8 Å². The number of benzene rings is 1. The third-order valence-electron chi connectivity index (χ3n) is 4.35. The molecule has 0 radical (unpaired) electrons. The summed E-state index contributed by atoms with van der Waals surface area (Å²) in [6.07, 6.45) is 0. The minimum Gasteiger partial charge on any atom is -0.321 e. The standard InChI is InChI=1S/C20H21N3O2S/c1-13-5-6-14(2)23(13)18-11-12-26-19(18)20(25)21-16-7-9-17(10-8-16)22(4)15(3)24/h5-12H,1-4H3,(H,21,25). The SMILES string of the molecule is CC(=O)N(C)c1ccc(NC(=O)c2sccc2-n2c(C)ccc2C)cc1. The molecule has 0 spiro atoms. The summed E-state index contributed by atoms with van der Waals surface area (Å²) in [5, 5.41) is 4.86. The quantitative estimate of drug-likeness (QED) is 0.743. The van der Waals surface area contributed by atoms with Crippen molar-refractivity contribution in [3.05, 3.63) is 64.1 Å². The Labute approximate surface area is 156 Å². The topological polar surface area (TPSA) is 54.3 Å². The van der Waals surface area contributed by atoms with Gasteiger partial charge >= 0.3 is 0 Å². The predicted molar refractivity (Wildman–Crippen MR) is 107 cm³/mol. The van der Waals surface area contributed by atoms with Gasteiger partial charge in [0.15, 0.2) is 0 Å². The molecule has 0 atom stereocenters. The second kappa shape index (κ2) is 7.17. The molecule has 2 heterocycles. The zero-order valence-electron chi connectivity index (χ0n) is 15.2. The number of thiophene rings is 1. The van der Waals surface area contributed by atoms with E-state index in [-0.39, 0.29) is 11.8 Å². The minimum atomic E-state index is -0.143. The molecule has 6 heteroatoms. The first-order valence-electron chi connectivity index (χ1n) is 8.27. The van der Waals surface area contributed by atoms with Gasteiger partial charge in [0.05, 0.1) is 5.69 Å². The van der Waals surface area contributed by atoms with Gasteiger partial charge in [-0.1, -0.05) is 0 Å². The molecule has 1 N–H and O–H groups in total. The predicted octanol–water partition coefficient (Wildman–Crippen LogP) is 4.39. The number of aromatic nitrogens is 1. The maximum Gasteiger partial charge on any atom is 0.267 e. The van der Waals surface area contributed by atoms with Crippen molar-refractivity contribution in [2.75, 3.05) is 17.3 Å². The van der Waals surface area contributed by atoms with Crippen molar-refractivity contribution in [2.45, 2.75) is 20.8 Å². The number of nitrogens with zero attached hydrogens (tertiary/aromatic N) is 2. The molecule has 0 saturated heterocycles. The number of carbonyl (C=O) groups is 2. The van der Waals surface area contributed by atoms with Crippen LogP contribution in [-0.4, -0.2) is 23.4 Å². The summed E-state index contributed by atoms with van der Waals surface area (Å²) < 4.78 is 2.08. The van der Waals surface area contributed by atoms with Crippen molar-refractivity contribution < 1.29 is 9.59 Å². The van der Waals surface area contributed by atoms with Gasteiger partial charge in [-0.05, 0) is 61.7 Å². The average Bonchev–Trinajstić information content (AvgIpc) is 3.21. The van der Waals surface area contributed by atoms with Crippen molar-refractivity contribution >= 4 is 34.5 Å². The maximum atomic E-state index is 12.8. The summed E-state index contributed by atoms with van der Waals surface area (Å²) in [6.45, 7) is 5.56. The van der Waals surface area contributed by atoms with Gasteiger partial charge in [0.2, 0.25) is 5.91 Å². The Hall–Kier alpha value is -2.86. The Morgan fingerprint density at radius 1 is 1.00 bits per heavy atom. The molecule has 0 unspecified atom stereocenters. The van der Waals surface area contributed by atoms with Gasteiger partial charge in [-0.3, -0.25) is 9.59 Å². The first-order chi connectivity index (χ1) is 12.4. The van der Waals surface area contributed by atoms with Crippen LogP contribution in [0, 0.1) is 13.8 Å². The van der Waals surface area contributed by atoms with Crippen LogP contribution in [0.5, 0.6) is 0 Å². The molecule has 26 heavy (non-hydrogen) atoms. The highest BCUT2D eigenvalue weighted by molar-refractivity contribution is 7.12. The van der Waals surface area contributed by atoms with E-state index in [1.54, 1.807) is 24.1 Å². The maximum absolute atomic E-state index is 12.8. The molecule has 0 aliphatic heterocycles. The van der Waals surface area contributed by atoms with Crippen LogP contribution in [0.3, 0.4) is 0 Å². The summed E-state index contributed by atoms with van der Waals surface area (Å²) >= 11 is 1.42. The lowest BCUT2D eigenvalue weighted by atomic mass is 10.2. The van der Waals surface area contributed by atoms with E-state index in [1.807, 2.05) is 49.6 Å². The van der Waals surface area contributed by atoms with Gasteiger partial charge in [0.1, 0.15) is 4.88 Å². The van der Waals surface area contributed by atoms with Gasteiger partial charge in [0.25, 0.3) is 5.91 Å². The Kier molecular flexibility index (Phi) is 4.95. The Morgan fingerprint density at radius 2 is 1.62 bits per heavy atom. The van der Waals surface area contributed by atoms with Crippen molar-refractivity contribution in [1.82, 2.24) is 4.57 Å². The molecule has 0 aliphatic rings. The van der Waals surface area contributed by atoms with Gasteiger partial charge < -0.3 is 14.8 Å². The second-order valence-corrected chi connectivity index (χ2v) is 7.08. The van der Waals surface area contributed by atoms with Crippen LogP contribution in [0.25, 0.3) is 5.69 Å². The molecule has 0 fully saturated rings. The number of rotatable bonds is 4. The van der Waals surface area contributed by atoms with Crippen molar-refractivity contribution in [3.63, 3.8) is 0 Å². The summed E-state index contributed by atoms with van der Waals surface area (Å²) in [7, 11) is 1.72. The van der Waals surface area contributed by atoms with Crippen LogP contribution in [0.4, 0.5) is 11.4 Å². The molecule has 1 aromatic carbocycles. The fourth-order valence-corrected chi connectivity index (χ4v) is 3.61. The fraction of sp³-hybridized carbons (Fsp3) is 0.200. The second-order valence-electron chi connectivity index (χ2n) is 6.17. The first-order valence-corrected chi connectivity index (χ1v) is 9.15. The highest BCUT2D eigenvalue weighted by Gasteiger charge is 2.17. The van der Waals surface area contributed by atoms with Gasteiger partial charge in [-0.15, -0.1) is 11.3 Å². The number of aryl methyl sites for hydroxylation is 2. The number of hydrogen-bond acceptors (Lipinski definition) is 3. The smallest absolute Gasteiger partial charge is 0.267 e. The molecule has 3 aromatic rings. The third kappa shape index (κ3) is 3.41. The van der Waals surface area contributed by atoms with Crippen molar-refractivity contribution in [3.8, 4) is 5.69 Å². The average molecular weight is 367 g/mol. The number of nitrogens with one attached hydrogen (secondary N) is 1. The molecule has 3 rings (SSSR count). The van der Waals surface area contributed by atoms with E-state index in [4.69, 9.17) is 0 Å². The fourth-order valence-electron chi connectivity index (χ4n) is 2.83. The largest absolute Gasteiger partial charge is 0.321 e. The lowest BCUT2D eigenvalue weighted by molar-refractivity contribution is -0.116. The zero-order chi connectivity index (χ0) is 18.8. The van der Waals surface area contributed by atoms with E-state index < -0.39 is 0 Å². The lowest BCUT2D eigenvalue weighted by Gasteiger charge is -2.15. The lowest BCUT2D eigenvalue weighted by Crippen LogP contribution is -2.22. The third-order valence-corrected chi connectivity index (χ3v) is 5.25. The molecule has 0 saturated carbocycles. The van der Waals surface area contributed by atoms with E-state index in [1.165, 1.54) is 18.3 Å². The number of carbonyl (C=O) groups excluding carboxylic acids is 2. The van der Waals surface area contributed by atoms with E-state index in [2.05, 4.69) is 9.88 Å². The molecule has 0 aliphatic carbocycles. The highest BCUT2D eigenvalue weighted by atomic mass is 32.1. The number of anilines is 2. The summed E-state index contributed by atoms with van der Waals surface area (Å²) in [4.78, 5) is 26.4. The van der Waals surface area contributed by atoms with E-state index in [9.17, 15) is 9.59 Å². The molecule has 2 aromatic heterocycles. The Morgan fingerprint density at radius 3 is 2.19 bits per heavy atom. The van der Waals surface area contributed by atoms with Crippen molar-refractivity contribution in [2.24, 2.45) is 0 Å². The number of hydrogen-bond donors (Lipinski definition) is 1. The van der Waals surface area contributed by atoms with Gasteiger partial charge in [-0.2, -0.15) is 0 Å². The molecular weight excluding hydrogens is 346 g/mol. The van der Waals surface area contributed by atoms with E-state index >= 15 is 0 Å². The van der Waals surface area contributed by atoms with Crippen LogP contribution in [0.2, 0.25) is 0 Å². The molecular formula is C20H21N3O2S. The summed E-state index contributed by atoms with van der Waals surface area (Å²) in [5.41, 5.74) is 4.54. The normalized spacial score (nSPS) is 10.6. The van der Waals surface area contributed by atoms with Crippen LogP contribution >= 0.6 is 11.3 Å². The zero-order valence-corrected chi connectivity index (χ0v) is 16.1. The van der Waals surface area contributed by atoms with Crippen LogP contribution in [-0.2, 0) is 4.79 Å². The monoisotopic (exact) mass is 367 g/mol. The van der Waals surface area contributed by atoms with Crippen LogP contribution < -0.4 is 10.2 Å². The van der Waals surface area contributed by atoms with E-state index in [0.29, 0.717) is 10.6 Å². The molecule has 5 nitrogen and oxygen atoms in total. The van der Waals surface area contributed by atoms with Gasteiger partial charge in [-0.25, -0.2) is 0 Å². The first kappa shape index (κ1) is 17.9. The van der Waals surface area contributed by atoms with Crippen molar-refractivity contribution in [1.29, 1.82) is 0 Å². The Balaban J connectivity index is 1.82. The summed E-state index contributed by atoms with van der Waals surface area (Å²) in [6, 6.07) is 13.3. The highest BCUT2D eigenvalue weighted by Crippen LogP contribution is 2.26. The molecule has 2 amide bonds. The van der Waals surface area contributed by atoms with Crippen LogP contribution in [0.1, 0.15) is 28.0 Å². The molecule has 0 bridgehead atoms.